The molecular weight excluding hydrogens is 464 g/mol. The minimum Gasteiger partial charge on any atom is -0.497 e. The Labute approximate surface area is 211 Å². The SMILES string of the molecule is COc1ccc2c3c(n(C)c2c1)[C@H](CO)N(Cc1ccccc1Cl)CC31CN(C(=O)CN(C)C)C1. The van der Waals surface area contributed by atoms with E-state index in [0.29, 0.717) is 26.2 Å². The number of benzene rings is 2. The van der Waals surface area contributed by atoms with E-state index in [9.17, 15) is 9.90 Å². The van der Waals surface area contributed by atoms with Crippen LogP contribution in [0.2, 0.25) is 5.02 Å². The second-order valence-corrected chi connectivity index (χ2v) is 10.6. The molecule has 1 spiro atoms. The first-order valence-electron chi connectivity index (χ1n) is 12.0. The van der Waals surface area contributed by atoms with Crippen molar-refractivity contribution >= 4 is 28.4 Å². The molecular formula is C27H33ClN4O3. The smallest absolute Gasteiger partial charge is 0.236 e. The number of aliphatic hydroxyl groups excluding tert-OH is 1. The first kappa shape index (κ1) is 24.1. The van der Waals surface area contributed by atoms with E-state index in [2.05, 4.69) is 28.6 Å². The lowest BCUT2D eigenvalue weighted by molar-refractivity contribution is -0.141. The van der Waals surface area contributed by atoms with Crippen LogP contribution >= 0.6 is 11.6 Å². The molecule has 2 aromatic carbocycles. The van der Waals surface area contributed by atoms with Crippen LogP contribution in [0.1, 0.15) is 22.9 Å². The van der Waals surface area contributed by atoms with Crippen molar-refractivity contribution in [3.8, 4) is 5.75 Å². The van der Waals surface area contributed by atoms with Crippen LogP contribution in [-0.2, 0) is 23.8 Å². The van der Waals surface area contributed by atoms with Gasteiger partial charge in [-0.2, -0.15) is 0 Å². The summed E-state index contributed by atoms with van der Waals surface area (Å²) in [6.07, 6.45) is 0. The molecule has 3 aromatic rings. The molecule has 1 saturated heterocycles. The quantitative estimate of drug-likeness (QED) is 0.568. The number of likely N-dealkylation sites (tertiary alicyclic amines) is 1. The van der Waals surface area contributed by atoms with E-state index in [-0.39, 0.29) is 24.0 Å². The lowest BCUT2D eigenvalue weighted by atomic mass is 9.68. The maximum atomic E-state index is 12.9. The zero-order valence-corrected chi connectivity index (χ0v) is 21.5. The highest BCUT2D eigenvalue weighted by Gasteiger charge is 2.54. The summed E-state index contributed by atoms with van der Waals surface area (Å²) in [5.74, 6) is 0.945. The predicted octanol–water partition coefficient (Wildman–Crippen LogP) is 3.03. The molecule has 1 N–H and O–H groups in total. The van der Waals surface area contributed by atoms with Crippen LogP contribution < -0.4 is 4.74 Å². The van der Waals surface area contributed by atoms with Crippen molar-refractivity contribution in [2.75, 3.05) is 54.0 Å². The standard InChI is InChI=1S/C27H33ClN4O3/c1-29(2)13-24(34)32-16-27(17-32)15-31(12-18-7-5-6-8-21(18)28)23(14-33)26-25(27)20-10-9-19(35-4)11-22(20)30(26)3/h5-11,23,33H,12-17H2,1-4H3/t23-/m0/s1. The largest absolute Gasteiger partial charge is 0.497 e. The van der Waals surface area contributed by atoms with Gasteiger partial charge in [0.15, 0.2) is 0 Å². The van der Waals surface area contributed by atoms with Crippen molar-refractivity contribution in [1.82, 2.24) is 19.3 Å². The molecule has 0 bridgehead atoms. The summed E-state index contributed by atoms with van der Waals surface area (Å²) in [6, 6.07) is 13.9. The fourth-order valence-corrected chi connectivity index (χ4v) is 6.16. The van der Waals surface area contributed by atoms with Gasteiger partial charge in [-0.3, -0.25) is 9.69 Å². The number of methoxy groups -OCH3 is 1. The van der Waals surface area contributed by atoms with Gasteiger partial charge in [-0.05, 0) is 43.4 Å². The van der Waals surface area contributed by atoms with Crippen LogP contribution in [0.25, 0.3) is 10.9 Å². The summed E-state index contributed by atoms with van der Waals surface area (Å²) in [4.78, 5) is 19.1. The van der Waals surface area contributed by atoms with Gasteiger partial charge in [-0.25, -0.2) is 0 Å². The molecule has 8 heteroatoms. The van der Waals surface area contributed by atoms with Gasteiger partial charge in [-0.1, -0.05) is 29.8 Å². The second-order valence-electron chi connectivity index (χ2n) is 10.2. The van der Waals surface area contributed by atoms with E-state index in [4.69, 9.17) is 16.3 Å². The molecule has 5 rings (SSSR count). The maximum Gasteiger partial charge on any atom is 0.236 e. The molecule has 3 heterocycles. The van der Waals surface area contributed by atoms with Crippen molar-refractivity contribution in [2.24, 2.45) is 7.05 Å². The lowest BCUT2D eigenvalue weighted by Gasteiger charge is -2.56. The molecule has 1 atom stereocenters. The maximum absolute atomic E-state index is 12.9. The average molecular weight is 497 g/mol. The number of halogens is 1. The second kappa shape index (κ2) is 9.13. The number of hydrogen-bond donors (Lipinski definition) is 1. The first-order chi connectivity index (χ1) is 16.8. The topological polar surface area (TPSA) is 61.2 Å². The Morgan fingerprint density at radius 1 is 1.20 bits per heavy atom. The fourth-order valence-electron chi connectivity index (χ4n) is 5.96. The minimum atomic E-state index is -0.210. The van der Waals surface area contributed by atoms with Crippen LogP contribution in [0.5, 0.6) is 5.75 Å². The van der Waals surface area contributed by atoms with E-state index >= 15 is 0 Å². The number of ether oxygens (including phenoxy) is 1. The highest BCUT2D eigenvalue weighted by atomic mass is 35.5. The summed E-state index contributed by atoms with van der Waals surface area (Å²) in [7, 11) is 7.57. The van der Waals surface area contributed by atoms with Gasteiger partial charge in [0.05, 0.1) is 31.8 Å². The van der Waals surface area contributed by atoms with Gasteiger partial charge < -0.3 is 24.2 Å². The number of rotatable bonds is 6. The van der Waals surface area contributed by atoms with E-state index in [1.54, 1.807) is 7.11 Å². The Morgan fingerprint density at radius 2 is 1.94 bits per heavy atom. The van der Waals surface area contributed by atoms with Crippen LogP contribution in [0.3, 0.4) is 0 Å². The summed E-state index contributed by atoms with van der Waals surface area (Å²) in [5, 5.41) is 12.5. The lowest BCUT2D eigenvalue weighted by Crippen LogP contribution is -2.68. The highest BCUT2D eigenvalue weighted by Crippen LogP contribution is 2.50. The van der Waals surface area contributed by atoms with Gasteiger partial charge in [0.2, 0.25) is 5.91 Å². The Hall–Kier alpha value is -2.58. The van der Waals surface area contributed by atoms with Crippen molar-refractivity contribution in [3.05, 3.63) is 64.3 Å². The number of fused-ring (bicyclic) bond motifs is 4. The molecule has 1 amide bonds. The third-order valence-electron chi connectivity index (χ3n) is 7.54. The molecule has 2 aliphatic rings. The van der Waals surface area contributed by atoms with Crippen molar-refractivity contribution in [2.45, 2.75) is 18.0 Å². The number of nitrogens with zero attached hydrogens (tertiary/aromatic N) is 4. The molecule has 0 aliphatic carbocycles. The number of hydrogen-bond acceptors (Lipinski definition) is 5. The molecule has 1 fully saturated rings. The average Bonchev–Trinajstić information content (AvgIpc) is 3.10. The van der Waals surface area contributed by atoms with Crippen LogP contribution in [0.4, 0.5) is 0 Å². The highest BCUT2D eigenvalue weighted by molar-refractivity contribution is 6.31. The minimum absolute atomic E-state index is 0.00188. The third kappa shape index (κ3) is 4.00. The number of carbonyl (C=O) groups is 1. The van der Waals surface area contributed by atoms with Gasteiger partial charge in [0.1, 0.15) is 5.75 Å². The molecule has 0 radical (unpaired) electrons. The van der Waals surface area contributed by atoms with E-state index in [0.717, 1.165) is 34.1 Å². The molecule has 0 unspecified atom stereocenters. The normalized spacial score (nSPS) is 19.3. The number of likely N-dealkylation sites (N-methyl/N-ethyl adjacent to an activating group) is 1. The van der Waals surface area contributed by atoms with Crippen LogP contribution in [-0.4, -0.2) is 84.3 Å². The first-order valence-corrected chi connectivity index (χ1v) is 12.3. The summed E-state index contributed by atoms with van der Waals surface area (Å²) >= 11 is 6.53. The number of aryl methyl sites for hydroxylation is 1. The molecule has 186 valence electrons. The Balaban J connectivity index is 1.61. The number of carbonyl (C=O) groups excluding carboxylic acids is 1. The molecule has 1 aromatic heterocycles. The zero-order chi connectivity index (χ0) is 24.9. The van der Waals surface area contributed by atoms with Crippen molar-refractivity contribution < 1.29 is 14.6 Å². The number of aromatic nitrogens is 1. The van der Waals surface area contributed by atoms with Gasteiger partial charge in [-0.15, -0.1) is 0 Å². The molecule has 7 nitrogen and oxygen atoms in total. The monoisotopic (exact) mass is 496 g/mol. The Morgan fingerprint density at radius 3 is 2.60 bits per heavy atom. The van der Waals surface area contributed by atoms with Crippen LogP contribution in [0.15, 0.2) is 42.5 Å². The zero-order valence-electron chi connectivity index (χ0n) is 20.8. The van der Waals surface area contributed by atoms with E-state index < -0.39 is 0 Å². The Bertz CT molecular complexity index is 1260. The fraction of sp³-hybridized carbons (Fsp3) is 0.444. The summed E-state index contributed by atoms with van der Waals surface area (Å²) < 4.78 is 7.70. The van der Waals surface area contributed by atoms with Crippen molar-refractivity contribution in [1.29, 1.82) is 0 Å². The van der Waals surface area contributed by atoms with Crippen molar-refractivity contribution in [3.63, 3.8) is 0 Å². The number of aliphatic hydroxyl groups is 1. The van der Waals surface area contributed by atoms with Gasteiger partial charge >= 0.3 is 0 Å². The summed E-state index contributed by atoms with van der Waals surface area (Å²) in [5.41, 5.74) is 4.25. The molecule has 2 aliphatic heterocycles. The van der Waals surface area contributed by atoms with Gasteiger partial charge in [0, 0.05) is 60.8 Å². The number of amides is 1. The van der Waals surface area contributed by atoms with Gasteiger partial charge in [0.25, 0.3) is 0 Å². The van der Waals surface area contributed by atoms with Crippen LogP contribution in [0, 0.1) is 0 Å². The van der Waals surface area contributed by atoms with E-state index in [1.807, 2.05) is 54.2 Å². The Kier molecular flexibility index (Phi) is 6.30. The summed E-state index contributed by atoms with van der Waals surface area (Å²) in [6.45, 7) is 3.09. The van der Waals surface area contributed by atoms with E-state index in [1.165, 1.54) is 10.9 Å². The third-order valence-corrected chi connectivity index (χ3v) is 7.91. The molecule has 0 saturated carbocycles. The molecule has 35 heavy (non-hydrogen) atoms. The predicted molar refractivity (Wildman–Crippen MR) is 138 cm³/mol.